The molecule has 2 aromatic rings. The molecule has 0 spiro atoms. The molecule has 2 aromatic carbocycles. The number of benzene rings is 2. The second-order valence-electron chi connectivity index (χ2n) is 5.57. The molecule has 0 saturated heterocycles. The molecule has 1 N–H and O–H groups in total. The number of halogens is 1. The maximum Gasteiger partial charge on any atom is 0.260 e. The van der Waals surface area contributed by atoms with Crippen molar-refractivity contribution in [2.45, 2.75) is 13.3 Å². The summed E-state index contributed by atoms with van der Waals surface area (Å²) in [5.41, 5.74) is 3.69. The van der Waals surface area contributed by atoms with E-state index in [1.807, 2.05) is 19.1 Å². The van der Waals surface area contributed by atoms with Crippen molar-refractivity contribution in [3.63, 3.8) is 0 Å². The molecule has 0 bridgehead atoms. The van der Waals surface area contributed by atoms with E-state index in [-0.39, 0.29) is 5.56 Å². The molecule has 0 aliphatic rings. The van der Waals surface area contributed by atoms with Crippen molar-refractivity contribution in [1.82, 2.24) is 5.43 Å². The topological polar surface area (TPSA) is 78.8 Å². The van der Waals surface area contributed by atoms with Gasteiger partial charge in [0.1, 0.15) is 12.4 Å². The van der Waals surface area contributed by atoms with Crippen LogP contribution >= 0.6 is 0 Å². The maximum absolute atomic E-state index is 13.5. The van der Waals surface area contributed by atoms with Crippen molar-refractivity contribution >= 4 is 27.8 Å². The molecule has 0 radical (unpaired) electrons. The zero-order valence-electron chi connectivity index (χ0n) is 14.5. The van der Waals surface area contributed by atoms with E-state index < -0.39 is 28.3 Å². The van der Waals surface area contributed by atoms with Gasteiger partial charge in [-0.05, 0) is 24.1 Å². The van der Waals surface area contributed by atoms with E-state index >= 15 is 0 Å². The minimum atomic E-state index is -3.67. The number of carbonyl (C=O) groups excluding carboxylic acids is 1. The highest BCUT2D eigenvalue weighted by atomic mass is 32.2. The number of carbonyl (C=O) groups is 1. The van der Waals surface area contributed by atoms with Gasteiger partial charge >= 0.3 is 0 Å². The van der Waals surface area contributed by atoms with Crippen LogP contribution in [0.4, 0.5) is 10.1 Å². The van der Waals surface area contributed by atoms with Gasteiger partial charge in [-0.2, -0.15) is 5.10 Å². The lowest BCUT2D eigenvalue weighted by atomic mass is 10.1. The maximum atomic E-state index is 13.5. The van der Waals surface area contributed by atoms with E-state index in [1.54, 1.807) is 24.3 Å². The van der Waals surface area contributed by atoms with E-state index in [0.29, 0.717) is 12.1 Å². The first-order valence-corrected chi connectivity index (χ1v) is 9.79. The van der Waals surface area contributed by atoms with Gasteiger partial charge in [0.25, 0.3) is 5.91 Å². The largest absolute Gasteiger partial charge is 0.271 e. The summed E-state index contributed by atoms with van der Waals surface area (Å²) in [7, 11) is -3.67. The van der Waals surface area contributed by atoms with Crippen LogP contribution in [-0.4, -0.2) is 33.3 Å². The van der Waals surface area contributed by atoms with Crippen LogP contribution in [0.25, 0.3) is 0 Å². The smallest absolute Gasteiger partial charge is 0.260 e. The summed E-state index contributed by atoms with van der Waals surface area (Å²) in [4.78, 5) is 12.1. The summed E-state index contributed by atoms with van der Waals surface area (Å²) in [5.74, 6) is -1.10. The highest BCUT2D eigenvalue weighted by Crippen LogP contribution is 2.23. The Morgan fingerprint density at radius 1 is 1.19 bits per heavy atom. The van der Waals surface area contributed by atoms with Crippen LogP contribution < -0.4 is 9.73 Å². The van der Waals surface area contributed by atoms with Crippen LogP contribution in [0.1, 0.15) is 18.1 Å². The van der Waals surface area contributed by atoms with Crippen molar-refractivity contribution < 1.29 is 17.6 Å². The molecular weight excluding hydrogens is 357 g/mol. The van der Waals surface area contributed by atoms with Crippen molar-refractivity contribution in [3.05, 3.63) is 65.5 Å². The summed E-state index contributed by atoms with van der Waals surface area (Å²) >= 11 is 0. The zero-order chi connectivity index (χ0) is 19.2. The van der Waals surface area contributed by atoms with Gasteiger partial charge in [0.05, 0.1) is 18.2 Å². The zero-order valence-corrected chi connectivity index (χ0v) is 15.3. The first kappa shape index (κ1) is 19.6. The Kier molecular flexibility index (Phi) is 6.46. The highest BCUT2D eigenvalue weighted by Gasteiger charge is 2.22. The number of anilines is 1. The lowest BCUT2D eigenvalue weighted by molar-refractivity contribution is -0.119. The number of hydrogen-bond acceptors (Lipinski definition) is 4. The number of nitrogens with one attached hydrogen (secondary N) is 1. The molecule has 0 unspecified atom stereocenters. The van der Waals surface area contributed by atoms with Crippen molar-refractivity contribution in [2.24, 2.45) is 5.10 Å². The predicted molar refractivity (Wildman–Crippen MR) is 100 cm³/mol. The summed E-state index contributed by atoms with van der Waals surface area (Å²) in [6, 6.07) is 12.9. The summed E-state index contributed by atoms with van der Waals surface area (Å²) in [5, 5.41) is 3.69. The highest BCUT2D eigenvalue weighted by molar-refractivity contribution is 7.92. The third kappa shape index (κ3) is 5.13. The fourth-order valence-electron chi connectivity index (χ4n) is 2.35. The molecule has 0 saturated carbocycles. The molecule has 8 heteroatoms. The van der Waals surface area contributed by atoms with E-state index in [0.717, 1.165) is 22.3 Å². The Hall–Kier alpha value is -2.74. The molecule has 0 aromatic heterocycles. The van der Waals surface area contributed by atoms with E-state index in [2.05, 4.69) is 10.5 Å². The van der Waals surface area contributed by atoms with Gasteiger partial charge in [-0.25, -0.2) is 18.2 Å². The number of para-hydroxylation sites is 1. The van der Waals surface area contributed by atoms with Crippen LogP contribution in [-0.2, 0) is 21.2 Å². The van der Waals surface area contributed by atoms with E-state index in [4.69, 9.17) is 0 Å². The molecule has 0 heterocycles. The average Bonchev–Trinajstić information content (AvgIpc) is 2.60. The standard InChI is InChI=1S/C18H20FN3O3S/c1-3-14-8-5-7-11-17(14)22(26(2,24)25)13-18(23)21-20-12-15-9-4-6-10-16(15)19/h4-12H,3,13H2,1-2H3,(H,21,23)/b20-12-. The van der Waals surface area contributed by atoms with Crippen LogP contribution in [0.5, 0.6) is 0 Å². The number of hydrazone groups is 1. The summed E-state index contributed by atoms with van der Waals surface area (Å²) in [6.07, 6.45) is 2.82. The molecule has 0 aliphatic carbocycles. The average molecular weight is 377 g/mol. The Balaban J connectivity index is 2.14. The predicted octanol–water partition coefficient (Wildman–Crippen LogP) is 2.30. The van der Waals surface area contributed by atoms with Gasteiger partial charge in [0.2, 0.25) is 10.0 Å². The van der Waals surface area contributed by atoms with Crippen LogP contribution in [0.3, 0.4) is 0 Å². The van der Waals surface area contributed by atoms with E-state index in [1.165, 1.54) is 12.1 Å². The number of amides is 1. The first-order chi connectivity index (χ1) is 12.3. The molecular formula is C18H20FN3O3S. The van der Waals surface area contributed by atoms with Crippen molar-refractivity contribution in [1.29, 1.82) is 0 Å². The lowest BCUT2D eigenvalue weighted by Crippen LogP contribution is -2.39. The lowest BCUT2D eigenvalue weighted by Gasteiger charge is -2.23. The van der Waals surface area contributed by atoms with Gasteiger partial charge in [-0.1, -0.05) is 43.3 Å². The number of aryl methyl sites for hydroxylation is 1. The molecule has 26 heavy (non-hydrogen) atoms. The van der Waals surface area contributed by atoms with Crippen LogP contribution in [0, 0.1) is 5.82 Å². The third-order valence-corrected chi connectivity index (χ3v) is 4.75. The monoisotopic (exact) mass is 377 g/mol. The number of sulfonamides is 1. The Morgan fingerprint density at radius 2 is 1.85 bits per heavy atom. The van der Waals surface area contributed by atoms with E-state index in [9.17, 15) is 17.6 Å². The van der Waals surface area contributed by atoms with Crippen LogP contribution in [0.2, 0.25) is 0 Å². The van der Waals surface area contributed by atoms with Crippen LogP contribution in [0.15, 0.2) is 53.6 Å². The van der Waals surface area contributed by atoms with Gasteiger partial charge in [0.15, 0.2) is 0 Å². The number of nitrogens with zero attached hydrogens (tertiary/aromatic N) is 2. The second kappa shape index (κ2) is 8.57. The van der Waals surface area contributed by atoms with Crippen molar-refractivity contribution in [2.75, 3.05) is 17.1 Å². The normalized spacial score (nSPS) is 11.5. The third-order valence-electron chi connectivity index (χ3n) is 3.63. The molecule has 0 atom stereocenters. The second-order valence-corrected chi connectivity index (χ2v) is 7.47. The van der Waals surface area contributed by atoms with Gasteiger partial charge < -0.3 is 0 Å². The fraction of sp³-hybridized carbons (Fsp3) is 0.222. The molecule has 1 amide bonds. The molecule has 0 aliphatic heterocycles. The van der Waals surface area contributed by atoms with Gasteiger partial charge in [0, 0.05) is 5.56 Å². The molecule has 0 fully saturated rings. The van der Waals surface area contributed by atoms with Gasteiger partial charge in [-0.15, -0.1) is 0 Å². The van der Waals surface area contributed by atoms with Crippen molar-refractivity contribution in [3.8, 4) is 0 Å². The fourth-order valence-corrected chi connectivity index (χ4v) is 3.24. The Labute approximate surface area is 152 Å². The summed E-state index contributed by atoms with van der Waals surface area (Å²) in [6.45, 7) is 1.47. The Bertz CT molecular complexity index is 913. The minimum absolute atomic E-state index is 0.212. The molecule has 6 nitrogen and oxygen atoms in total. The molecule has 2 rings (SSSR count). The minimum Gasteiger partial charge on any atom is -0.271 e. The molecule has 138 valence electrons. The Morgan fingerprint density at radius 3 is 2.50 bits per heavy atom. The summed E-state index contributed by atoms with van der Waals surface area (Å²) < 4.78 is 38.8. The van der Waals surface area contributed by atoms with Gasteiger partial charge in [-0.3, -0.25) is 9.10 Å². The number of hydrogen-bond donors (Lipinski definition) is 1. The quantitative estimate of drug-likeness (QED) is 0.594. The SMILES string of the molecule is CCc1ccccc1N(CC(=O)N/N=C\c1ccccc1F)S(C)(=O)=O. The number of rotatable bonds is 7. The first-order valence-electron chi connectivity index (χ1n) is 7.95.